The third kappa shape index (κ3) is 4.99. The highest BCUT2D eigenvalue weighted by atomic mass is 32.2. The summed E-state index contributed by atoms with van der Waals surface area (Å²) in [6.45, 7) is 4.56. The summed E-state index contributed by atoms with van der Waals surface area (Å²) in [4.78, 5) is 0.289. The van der Waals surface area contributed by atoms with Gasteiger partial charge < -0.3 is 9.47 Å². The van der Waals surface area contributed by atoms with Crippen molar-refractivity contribution in [3.05, 3.63) is 53.6 Å². The summed E-state index contributed by atoms with van der Waals surface area (Å²) in [6.07, 6.45) is 1.58. The molecule has 0 fully saturated rings. The smallest absolute Gasteiger partial charge is 0.240 e. The van der Waals surface area contributed by atoms with Crippen molar-refractivity contribution >= 4 is 10.0 Å². The van der Waals surface area contributed by atoms with Gasteiger partial charge in [0.15, 0.2) is 11.5 Å². The maximum absolute atomic E-state index is 12.4. The lowest BCUT2D eigenvalue weighted by molar-refractivity contribution is 0.354. The molecule has 26 heavy (non-hydrogen) atoms. The summed E-state index contributed by atoms with van der Waals surface area (Å²) in [5, 5.41) is 0. The van der Waals surface area contributed by atoms with Crippen molar-refractivity contribution in [1.29, 1.82) is 0 Å². The molecule has 0 saturated carbocycles. The zero-order chi connectivity index (χ0) is 19.2. The van der Waals surface area contributed by atoms with Crippen molar-refractivity contribution in [3.8, 4) is 11.5 Å². The second kappa shape index (κ2) is 9.05. The van der Waals surface area contributed by atoms with E-state index >= 15 is 0 Å². The number of ether oxygens (including phenoxy) is 2. The number of sulfonamides is 1. The monoisotopic (exact) mass is 377 g/mol. The van der Waals surface area contributed by atoms with Gasteiger partial charge in [-0.2, -0.15) is 0 Å². The molecule has 0 radical (unpaired) electrons. The van der Waals surface area contributed by atoms with Gasteiger partial charge in [0, 0.05) is 6.54 Å². The Morgan fingerprint density at radius 1 is 1.00 bits per heavy atom. The molecule has 0 aliphatic carbocycles. The summed E-state index contributed by atoms with van der Waals surface area (Å²) in [5.41, 5.74) is 2.12. The average molecular weight is 378 g/mol. The van der Waals surface area contributed by atoms with Crippen LogP contribution in [0.25, 0.3) is 0 Å². The standard InChI is InChI=1S/C20H27NO4S/c1-5-15(2)17-7-9-18(10-8-17)26(22,23)21-13-12-16-6-11-19(24-3)20(14-16)25-4/h6-11,14-15,21H,5,12-13H2,1-4H3. The van der Waals surface area contributed by atoms with Gasteiger partial charge in [-0.1, -0.05) is 32.0 Å². The van der Waals surface area contributed by atoms with E-state index in [-0.39, 0.29) is 4.90 Å². The fourth-order valence-corrected chi connectivity index (χ4v) is 3.69. The van der Waals surface area contributed by atoms with Gasteiger partial charge in [0.25, 0.3) is 0 Å². The van der Waals surface area contributed by atoms with E-state index in [4.69, 9.17) is 9.47 Å². The van der Waals surface area contributed by atoms with Gasteiger partial charge in [-0.05, 0) is 54.2 Å². The highest BCUT2D eigenvalue weighted by Crippen LogP contribution is 2.27. The molecule has 1 atom stereocenters. The molecule has 142 valence electrons. The van der Waals surface area contributed by atoms with Crippen LogP contribution in [-0.2, 0) is 16.4 Å². The number of rotatable bonds is 9. The van der Waals surface area contributed by atoms with E-state index in [0.717, 1.165) is 17.5 Å². The Hall–Kier alpha value is -2.05. The molecule has 1 unspecified atom stereocenters. The van der Waals surface area contributed by atoms with Crippen molar-refractivity contribution < 1.29 is 17.9 Å². The molecule has 2 rings (SSSR count). The van der Waals surface area contributed by atoms with E-state index < -0.39 is 10.0 Å². The Labute approximate surface area is 156 Å². The van der Waals surface area contributed by atoms with Gasteiger partial charge in [-0.3, -0.25) is 0 Å². The van der Waals surface area contributed by atoms with Crippen molar-refractivity contribution in [2.45, 2.75) is 37.5 Å². The topological polar surface area (TPSA) is 64.6 Å². The largest absolute Gasteiger partial charge is 0.493 e. The molecular formula is C20H27NO4S. The first-order chi connectivity index (χ1) is 12.4. The SMILES string of the molecule is CCC(C)c1ccc(S(=O)(=O)NCCc2ccc(OC)c(OC)c2)cc1. The number of benzene rings is 2. The van der Waals surface area contributed by atoms with Crippen molar-refractivity contribution in [3.63, 3.8) is 0 Å². The number of hydrogen-bond donors (Lipinski definition) is 1. The Balaban J connectivity index is 2.00. The van der Waals surface area contributed by atoms with Crippen LogP contribution in [-0.4, -0.2) is 29.2 Å². The van der Waals surface area contributed by atoms with E-state index in [2.05, 4.69) is 18.6 Å². The van der Waals surface area contributed by atoms with E-state index in [1.807, 2.05) is 30.3 Å². The van der Waals surface area contributed by atoms with Crippen LogP contribution in [0.15, 0.2) is 47.4 Å². The van der Waals surface area contributed by atoms with Crippen LogP contribution in [0.1, 0.15) is 37.3 Å². The molecule has 5 nitrogen and oxygen atoms in total. The summed E-state index contributed by atoms with van der Waals surface area (Å²) < 4.78 is 38.0. The molecule has 1 N–H and O–H groups in total. The molecule has 0 heterocycles. The molecular weight excluding hydrogens is 350 g/mol. The molecule has 0 aliphatic rings. The molecule has 2 aromatic carbocycles. The van der Waals surface area contributed by atoms with Crippen molar-refractivity contribution in [2.75, 3.05) is 20.8 Å². The van der Waals surface area contributed by atoms with E-state index in [9.17, 15) is 8.42 Å². The molecule has 0 amide bonds. The minimum atomic E-state index is -3.51. The minimum Gasteiger partial charge on any atom is -0.493 e. The maximum Gasteiger partial charge on any atom is 0.240 e. The Morgan fingerprint density at radius 3 is 2.23 bits per heavy atom. The first-order valence-corrected chi connectivity index (χ1v) is 10.2. The van der Waals surface area contributed by atoms with Gasteiger partial charge in [-0.15, -0.1) is 0 Å². The number of methoxy groups -OCH3 is 2. The van der Waals surface area contributed by atoms with Gasteiger partial charge in [0.05, 0.1) is 19.1 Å². The quantitative estimate of drug-likeness (QED) is 0.723. The van der Waals surface area contributed by atoms with Crippen LogP contribution in [0.3, 0.4) is 0 Å². The second-order valence-corrected chi connectivity index (χ2v) is 7.98. The van der Waals surface area contributed by atoms with Crippen LogP contribution < -0.4 is 14.2 Å². The first-order valence-electron chi connectivity index (χ1n) is 8.71. The zero-order valence-corrected chi connectivity index (χ0v) is 16.6. The van der Waals surface area contributed by atoms with Crippen LogP contribution in [0.5, 0.6) is 11.5 Å². The van der Waals surface area contributed by atoms with Gasteiger partial charge in [0.2, 0.25) is 10.0 Å². The summed E-state index contributed by atoms with van der Waals surface area (Å²) >= 11 is 0. The zero-order valence-electron chi connectivity index (χ0n) is 15.8. The molecule has 0 spiro atoms. The summed E-state index contributed by atoms with van der Waals surface area (Å²) in [5.74, 6) is 1.71. The summed E-state index contributed by atoms with van der Waals surface area (Å²) in [7, 11) is -0.356. The van der Waals surface area contributed by atoms with E-state index in [1.165, 1.54) is 0 Å². The molecule has 6 heteroatoms. The van der Waals surface area contributed by atoms with Crippen LogP contribution in [0, 0.1) is 0 Å². The Bertz CT molecular complexity index is 816. The third-order valence-corrected chi connectivity index (χ3v) is 6.00. The Kier molecular flexibility index (Phi) is 7.06. The van der Waals surface area contributed by atoms with E-state index in [1.54, 1.807) is 26.4 Å². The van der Waals surface area contributed by atoms with Crippen molar-refractivity contribution in [1.82, 2.24) is 4.72 Å². The number of hydrogen-bond acceptors (Lipinski definition) is 4. The predicted molar refractivity (Wildman–Crippen MR) is 104 cm³/mol. The fraction of sp³-hybridized carbons (Fsp3) is 0.400. The van der Waals surface area contributed by atoms with Crippen LogP contribution >= 0.6 is 0 Å². The first kappa shape index (κ1) is 20.3. The lowest BCUT2D eigenvalue weighted by atomic mass is 9.99. The molecule has 0 bridgehead atoms. The highest BCUT2D eigenvalue weighted by Gasteiger charge is 2.14. The lowest BCUT2D eigenvalue weighted by Gasteiger charge is -2.12. The minimum absolute atomic E-state index is 0.289. The Morgan fingerprint density at radius 2 is 1.65 bits per heavy atom. The maximum atomic E-state index is 12.4. The molecule has 0 aliphatic heterocycles. The molecule has 0 saturated heterocycles. The van der Waals surface area contributed by atoms with E-state index in [0.29, 0.717) is 30.4 Å². The predicted octanol–water partition coefficient (Wildman–Crippen LogP) is 3.74. The molecule has 0 aromatic heterocycles. The summed E-state index contributed by atoms with van der Waals surface area (Å²) in [6, 6.07) is 12.7. The third-order valence-electron chi connectivity index (χ3n) is 4.53. The van der Waals surface area contributed by atoms with Crippen LogP contribution in [0.2, 0.25) is 0 Å². The normalized spacial score (nSPS) is 12.6. The average Bonchev–Trinajstić information content (AvgIpc) is 2.67. The number of nitrogens with one attached hydrogen (secondary N) is 1. The molecule has 2 aromatic rings. The highest BCUT2D eigenvalue weighted by molar-refractivity contribution is 7.89. The van der Waals surface area contributed by atoms with Gasteiger partial charge in [-0.25, -0.2) is 13.1 Å². The van der Waals surface area contributed by atoms with Crippen LogP contribution in [0.4, 0.5) is 0 Å². The van der Waals surface area contributed by atoms with Gasteiger partial charge >= 0.3 is 0 Å². The lowest BCUT2D eigenvalue weighted by Crippen LogP contribution is -2.26. The fourth-order valence-electron chi connectivity index (χ4n) is 2.66. The second-order valence-electron chi connectivity index (χ2n) is 6.22. The van der Waals surface area contributed by atoms with Crippen molar-refractivity contribution in [2.24, 2.45) is 0 Å². The van der Waals surface area contributed by atoms with Gasteiger partial charge in [0.1, 0.15) is 0 Å².